The van der Waals surface area contributed by atoms with E-state index >= 15 is 0 Å². The molecule has 6 heteroatoms. The van der Waals surface area contributed by atoms with Crippen molar-refractivity contribution in [3.8, 4) is 0 Å². The van der Waals surface area contributed by atoms with Crippen molar-refractivity contribution in [2.45, 2.75) is 22.5 Å². The Bertz CT molecular complexity index is 614. The summed E-state index contributed by atoms with van der Waals surface area (Å²) in [5.74, 6) is 0. The molecule has 2 aromatic carbocycles. The van der Waals surface area contributed by atoms with Gasteiger partial charge in [0.1, 0.15) is 0 Å². The molecule has 0 bridgehead atoms. The van der Waals surface area contributed by atoms with Gasteiger partial charge in [0.2, 0.25) is 0 Å². The van der Waals surface area contributed by atoms with E-state index in [1.165, 1.54) is 6.07 Å². The second-order valence-electron chi connectivity index (χ2n) is 4.09. The van der Waals surface area contributed by atoms with Gasteiger partial charge in [0.15, 0.2) is 0 Å². The lowest BCUT2D eigenvalue weighted by molar-refractivity contribution is -0.139. The molecule has 0 heterocycles. The van der Waals surface area contributed by atoms with Crippen LogP contribution >= 0.6 is 23.4 Å². The van der Waals surface area contributed by atoms with Gasteiger partial charge in [-0.2, -0.15) is 13.2 Å². The molecule has 2 aromatic rings. The van der Waals surface area contributed by atoms with Gasteiger partial charge >= 0.3 is 6.18 Å². The lowest BCUT2D eigenvalue weighted by atomic mass is 10.1. The Hall–Kier alpha value is -1.17. The van der Waals surface area contributed by atoms with Crippen LogP contribution in [0, 0.1) is 0 Å². The summed E-state index contributed by atoms with van der Waals surface area (Å²) in [5.41, 5.74) is 5.17. The maximum Gasteiger partial charge on any atom is 0.417 e. The lowest BCUT2D eigenvalue weighted by Gasteiger charge is -2.14. The van der Waals surface area contributed by atoms with Crippen LogP contribution in [0.5, 0.6) is 0 Å². The van der Waals surface area contributed by atoms with Gasteiger partial charge in [-0.3, -0.25) is 0 Å². The molecule has 2 rings (SSSR count). The molecule has 0 aromatic heterocycles. The third-order valence-corrected chi connectivity index (χ3v) is 3.91. The molecule has 20 heavy (non-hydrogen) atoms. The number of hydrogen-bond donors (Lipinski definition) is 1. The summed E-state index contributed by atoms with van der Waals surface area (Å²) in [5, 5.41) is 0.488. The Morgan fingerprint density at radius 2 is 1.85 bits per heavy atom. The average Bonchev–Trinajstić information content (AvgIpc) is 2.38. The molecular formula is C14H11ClF3NS. The van der Waals surface area contributed by atoms with Crippen LogP contribution in [0.25, 0.3) is 0 Å². The largest absolute Gasteiger partial charge is 0.417 e. The molecule has 0 atom stereocenters. The van der Waals surface area contributed by atoms with E-state index in [9.17, 15) is 13.2 Å². The van der Waals surface area contributed by atoms with Crippen LogP contribution in [0.1, 0.15) is 11.1 Å². The molecule has 0 radical (unpaired) electrons. The molecule has 0 amide bonds. The third-order valence-electron chi connectivity index (χ3n) is 2.61. The van der Waals surface area contributed by atoms with Gasteiger partial charge in [0.25, 0.3) is 0 Å². The van der Waals surface area contributed by atoms with Gasteiger partial charge in [-0.1, -0.05) is 35.5 Å². The van der Waals surface area contributed by atoms with Crippen molar-refractivity contribution in [3.05, 3.63) is 58.6 Å². The number of hydrogen-bond acceptors (Lipinski definition) is 2. The van der Waals surface area contributed by atoms with Crippen LogP contribution in [0.3, 0.4) is 0 Å². The number of rotatable bonds is 3. The molecule has 0 fully saturated rings. The van der Waals surface area contributed by atoms with Gasteiger partial charge in [0, 0.05) is 21.4 Å². The highest BCUT2D eigenvalue weighted by Gasteiger charge is 2.33. The van der Waals surface area contributed by atoms with Crippen molar-refractivity contribution < 1.29 is 13.2 Å². The van der Waals surface area contributed by atoms with Crippen LogP contribution < -0.4 is 5.73 Å². The fraction of sp³-hybridized carbons (Fsp3) is 0.143. The van der Waals surface area contributed by atoms with Gasteiger partial charge in [0.05, 0.1) is 5.56 Å². The molecule has 1 nitrogen and oxygen atoms in total. The Morgan fingerprint density at radius 1 is 1.10 bits per heavy atom. The van der Waals surface area contributed by atoms with E-state index in [-0.39, 0.29) is 11.4 Å². The summed E-state index contributed by atoms with van der Waals surface area (Å²) in [6.07, 6.45) is -4.41. The van der Waals surface area contributed by atoms with Crippen LogP contribution in [0.4, 0.5) is 13.2 Å². The first-order valence-corrected chi connectivity index (χ1v) is 6.93. The lowest BCUT2D eigenvalue weighted by Crippen LogP contribution is -2.08. The smallest absolute Gasteiger partial charge is 0.326 e. The summed E-state index contributed by atoms with van der Waals surface area (Å²) in [6, 6.07) is 10.8. The van der Waals surface area contributed by atoms with Crippen molar-refractivity contribution in [2.75, 3.05) is 0 Å². The summed E-state index contributed by atoms with van der Waals surface area (Å²) in [7, 11) is 0. The molecule has 106 valence electrons. The monoisotopic (exact) mass is 317 g/mol. The number of nitrogens with two attached hydrogens (primary N) is 1. The maximum atomic E-state index is 13.1. The minimum atomic E-state index is -4.41. The average molecular weight is 318 g/mol. The summed E-state index contributed by atoms with van der Waals surface area (Å²) < 4.78 is 39.2. The molecular weight excluding hydrogens is 307 g/mol. The molecule has 0 aliphatic heterocycles. The maximum absolute atomic E-state index is 13.1. The first-order valence-electron chi connectivity index (χ1n) is 5.74. The fourth-order valence-electron chi connectivity index (χ4n) is 1.67. The number of alkyl halides is 3. The molecule has 0 saturated heterocycles. The van der Waals surface area contributed by atoms with E-state index in [4.69, 9.17) is 17.3 Å². The van der Waals surface area contributed by atoms with Crippen molar-refractivity contribution in [1.29, 1.82) is 0 Å². The normalized spacial score (nSPS) is 11.7. The third kappa shape index (κ3) is 3.69. The molecule has 0 spiro atoms. The van der Waals surface area contributed by atoms with E-state index in [0.29, 0.717) is 15.5 Å². The summed E-state index contributed by atoms with van der Waals surface area (Å²) >= 11 is 6.87. The molecule has 0 saturated carbocycles. The Labute approximate surface area is 123 Å². The Morgan fingerprint density at radius 3 is 2.45 bits per heavy atom. The topological polar surface area (TPSA) is 26.0 Å². The first-order chi connectivity index (χ1) is 9.40. The Kier molecular flexibility index (Phi) is 4.62. The van der Waals surface area contributed by atoms with E-state index in [1.807, 2.05) is 0 Å². The van der Waals surface area contributed by atoms with Crippen molar-refractivity contribution in [2.24, 2.45) is 5.73 Å². The quantitative estimate of drug-likeness (QED) is 0.865. The number of benzene rings is 2. The highest BCUT2D eigenvalue weighted by atomic mass is 35.5. The second-order valence-corrected chi connectivity index (χ2v) is 5.64. The minimum absolute atomic E-state index is 0.0746. The van der Waals surface area contributed by atoms with Crippen molar-refractivity contribution >= 4 is 23.4 Å². The van der Waals surface area contributed by atoms with Crippen LogP contribution in [0.15, 0.2) is 52.3 Å². The standard InChI is InChI=1S/C14H11ClF3NS/c15-10-2-1-3-11(7-10)20-13-5-4-9(8-19)6-12(13)14(16,17)18/h1-7H,8,19H2. The van der Waals surface area contributed by atoms with Crippen LogP contribution in [-0.2, 0) is 12.7 Å². The van der Waals surface area contributed by atoms with Gasteiger partial charge in [-0.25, -0.2) is 0 Å². The van der Waals surface area contributed by atoms with E-state index in [1.54, 1.807) is 30.3 Å². The van der Waals surface area contributed by atoms with Crippen molar-refractivity contribution in [1.82, 2.24) is 0 Å². The van der Waals surface area contributed by atoms with E-state index in [0.717, 1.165) is 17.8 Å². The molecule has 0 aliphatic rings. The minimum Gasteiger partial charge on any atom is -0.326 e. The van der Waals surface area contributed by atoms with Gasteiger partial charge < -0.3 is 5.73 Å². The Balaban J connectivity index is 2.41. The zero-order valence-electron chi connectivity index (χ0n) is 10.2. The second kappa shape index (κ2) is 6.08. The molecule has 2 N–H and O–H groups in total. The number of halogens is 4. The van der Waals surface area contributed by atoms with Gasteiger partial charge in [-0.15, -0.1) is 0 Å². The highest BCUT2D eigenvalue weighted by Crippen LogP contribution is 2.40. The predicted molar refractivity (Wildman–Crippen MR) is 74.9 cm³/mol. The zero-order valence-corrected chi connectivity index (χ0v) is 11.8. The molecule has 0 aliphatic carbocycles. The van der Waals surface area contributed by atoms with E-state index in [2.05, 4.69) is 0 Å². The molecule has 0 unspecified atom stereocenters. The SMILES string of the molecule is NCc1ccc(Sc2cccc(Cl)c2)c(C(F)(F)F)c1. The summed E-state index contributed by atoms with van der Waals surface area (Å²) in [4.78, 5) is 0.792. The highest BCUT2D eigenvalue weighted by molar-refractivity contribution is 7.99. The summed E-state index contributed by atoms with van der Waals surface area (Å²) in [6.45, 7) is 0.0746. The van der Waals surface area contributed by atoms with Gasteiger partial charge in [-0.05, 0) is 35.9 Å². The predicted octanol–water partition coefficient (Wildman–Crippen LogP) is 4.97. The van der Waals surface area contributed by atoms with Crippen LogP contribution in [0.2, 0.25) is 5.02 Å². The van der Waals surface area contributed by atoms with E-state index < -0.39 is 11.7 Å². The van der Waals surface area contributed by atoms with Crippen molar-refractivity contribution in [3.63, 3.8) is 0 Å². The first kappa shape index (κ1) is 15.2. The van der Waals surface area contributed by atoms with Crippen LogP contribution in [-0.4, -0.2) is 0 Å². The fourth-order valence-corrected chi connectivity index (χ4v) is 2.93. The zero-order chi connectivity index (χ0) is 14.8.